The predicted octanol–water partition coefficient (Wildman–Crippen LogP) is 1.09. The third kappa shape index (κ3) is 6.99. The van der Waals surface area contributed by atoms with Crippen LogP contribution in [0.4, 0.5) is 0 Å². The molecule has 0 amide bonds. The lowest BCUT2D eigenvalue weighted by molar-refractivity contribution is 0.104. The molecule has 104 valence electrons. The standard InChI is InChI=1S/C13H30N2O2/c1-6-7-14-13(3,11-16)10-12(2)15(4)8-9-17-5/h12,14,16H,6-11H2,1-5H3. The number of aliphatic hydroxyl groups is 1. The molecule has 2 unspecified atom stereocenters. The minimum Gasteiger partial charge on any atom is -0.394 e. The lowest BCUT2D eigenvalue weighted by Gasteiger charge is -2.35. The van der Waals surface area contributed by atoms with Gasteiger partial charge in [-0.3, -0.25) is 0 Å². The molecule has 4 heteroatoms. The highest BCUT2D eigenvalue weighted by molar-refractivity contribution is 4.86. The summed E-state index contributed by atoms with van der Waals surface area (Å²) in [6.45, 7) is 9.21. The minimum absolute atomic E-state index is 0.176. The maximum absolute atomic E-state index is 9.51. The second-order valence-corrected chi connectivity index (χ2v) is 5.17. The quantitative estimate of drug-likeness (QED) is 0.606. The van der Waals surface area contributed by atoms with E-state index in [9.17, 15) is 5.11 Å². The summed E-state index contributed by atoms with van der Waals surface area (Å²) in [6, 6.07) is 0.423. The van der Waals surface area contributed by atoms with Crippen LogP contribution in [0.25, 0.3) is 0 Å². The number of aliphatic hydroxyl groups excluding tert-OH is 1. The summed E-state index contributed by atoms with van der Waals surface area (Å²) in [5.74, 6) is 0. The van der Waals surface area contributed by atoms with Crippen molar-refractivity contribution in [2.24, 2.45) is 0 Å². The second kappa shape index (κ2) is 8.86. The molecule has 0 aromatic rings. The van der Waals surface area contributed by atoms with Gasteiger partial charge in [-0.05, 0) is 40.3 Å². The van der Waals surface area contributed by atoms with Gasteiger partial charge < -0.3 is 20.1 Å². The third-order valence-corrected chi connectivity index (χ3v) is 3.30. The molecule has 0 saturated carbocycles. The summed E-state index contributed by atoms with van der Waals surface area (Å²) in [5.41, 5.74) is -0.184. The fourth-order valence-corrected chi connectivity index (χ4v) is 1.88. The first kappa shape index (κ1) is 16.8. The smallest absolute Gasteiger partial charge is 0.0611 e. The Morgan fingerprint density at radius 3 is 2.59 bits per heavy atom. The van der Waals surface area contributed by atoms with Crippen LogP contribution < -0.4 is 5.32 Å². The Labute approximate surface area is 106 Å². The molecule has 0 aliphatic rings. The average molecular weight is 246 g/mol. The van der Waals surface area contributed by atoms with Crippen LogP contribution in [-0.2, 0) is 4.74 Å². The van der Waals surface area contributed by atoms with Gasteiger partial charge in [0.15, 0.2) is 0 Å². The van der Waals surface area contributed by atoms with E-state index in [1.54, 1.807) is 7.11 Å². The van der Waals surface area contributed by atoms with Gasteiger partial charge in [-0.1, -0.05) is 6.92 Å². The van der Waals surface area contributed by atoms with Crippen LogP contribution in [0.15, 0.2) is 0 Å². The summed E-state index contributed by atoms with van der Waals surface area (Å²) in [6.07, 6.45) is 2.02. The highest BCUT2D eigenvalue weighted by Crippen LogP contribution is 2.15. The van der Waals surface area contributed by atoms with Crippen LogP contribution in [-0.4, -0.2) is 62.0 Å². The molecule has 0 heterocycles. The molecule has 0 aromatic heterocycles. The zero-order chi connectivity index (χ0) is 13.3. The topological polar surface area (TPSA) is 44.7 Å². The molecule has 0 aliphatic carbocycles. The third-order valence-electron chi connectivity index (χ3n) is 3.30. The molecular formula is C13H30N2O2. The van der Waals surface area contributed by atoms with Crippen LogP contribution in [0.5, 0.6) is 0 Å². The van der Waals surface area contributed by atoms with Crippen molar-refractivity contribution in [3.8, 4) is 0 Å². The first-order valence-corrected chi connectivity index (χ1v) is 6.54. The molecule has 0 rings (SSSR count). The first-order chi connectivity index (χ1) is 7.99. The van der Waals surface area contributed by atoms with E-state index in [0.717, 1.165) is 32.5 Å². The Morgan fingerprint density at radius 2 is 2.12 bits per heavy atom. The van der Waals surface area contributed by atoms with E-state index >= 15 is 0 Å². The van der Waals surface area contributed by atoms with E-state index in [1.807, 2.05) is 0 Å². The zero-order valence-electron chi connectivity index (χ0n) is 12.1. The molecule has 0 radical (unpaired) electrons. The van der Waals surface area contributed by atoms with Gasteiger partial charge in [-0.15, -0.1) is 0 Å². The van der Waals surface area contributed by atoms with Crippen LogP contribution in [0.1, 0.15) is 33.6 Å². The molecule has 2 N–H and O–H groups in total. The highest BCUT2D eigenvalue weighted by atomic mass is 16.5. The molecule has 4 nitrogen and oxygen atoms in total. The number of rotatable bonds is 10. The van der Waals surface area contributed by atoms with Crippen molar-refractivity contribution in [3.63, 3.8) is 0 Å². The van der Waals surface area contributed by atoms with Crippen LogP contribution in [0.2, 0.25) is 0 Å². The van der Waals surface area contributed by atoms with E-state index in [-0.39, 0.29) is 12.1 Å². The van der Waals surface area contributed by atoms with Crippen molar-refractivity contribution in [1.82, 2.24) is 10.2 Å². The van der Waals surface area contributed by atoms with Gasteiger partial charge in [0.25, 0.3) is 0 Å². The van der Waals surface area contributed by atoms with Crippen LogP contribution >= 0.6 is 0 Å². The van der Waals surface area contributed by atoms with E-state index in [1.165, 1.54) is 0 Å². The monoisotopic (exact) mass is 246 g/mol. The summed E-state index contributed by atoms with van der Waals surface area (Å²) in [7, 11) is 3.82. The summed E-state index contributed by atoms with van der Waals surface area (Å²) < 4.78 is 5.08. The first-order valence-electron chi connectivity index (χ1n) is 6.54. The molecule has 0 spiro atoms. The number of nitrogens with zero attached hydrogens (tertiary/aromatic N) is 1. The molecule has 17 heavy (non-hydrogen) atoms. The Balaban J connectivity index is 4.15. The van der Waals surface area contributed by atoms with Gasteiger partial charge >= 0.3 is 0 Å². The van der Waals surface area contributed by atoms with Crippen molar-refractivity contribution in [2.45, 2.75) is 45.2 Å². The van der Waals surface area contributed by atoms with Gasteiger partial charge in [-0.25, -0.2) is 0 Å². The fourth-order valence-electron chi connectivity index (χ4n) is 1.88. The maximum atomic E-state index is 9.51. The summed E-state index contributed by atoms with van der Waals surface area (Å²) >= 11 is 0. The predicted molar refractivity (Wildman–Crippen MR) is 72.4 cm³/mol. The fraction of sp³-hybridized carbons (Fsp3) is 1.00. The van der Waals surface area contributed by atoms with E-state index in [2.05, 4.69) is 38.0 Å². The number of nitrogens with one attached hydrogen (secondary N) is 1. The van der Waals surface area contributed by atoms with E-state index in [4.69, 9.17) is 4.74 Å². The van der Waals surface area contributed by atoms with Crippen molar-refractivity contribution < 1.29 is 9.84 Å². The SMILES string of the molecule is CCCNC(C)(CO)CC(C)N(C)CCOC. The Bertz CT molecular complexity index is 190. The van der Waals surface area contributed by atoms with Gasteiger partial charge in [0.1, 0.15) is 0 Å². The van der Waals surface area contributed by atoms with E-state index < -0.39 is 0 Å². The second-order valence-electron chi connectivity index (χ2n) is 5.17. The van der Waals surface area contributed by atoms with Gasteiger partial charge in [-0.2, -0.15) is 0 Å². The average Bonchev–Trinajstić information content (AvgIpc) is 2.33. The van der Waals surface area contributed by atoms with Gasteiger partial charge in [0, 0.05) is 25.2 Å². The van der Waals surface area contributed by atoms with Crippen LogP contribution in [0, 0.1) is 0 Å². The van der Waals surface area contributed by atoms with Gasteiger partial charge in [0.2, 0.25) is 0 Å². The Kier molecular flexibility index (Phi) is 8.78. The Hall–Kier alpha value is -0.160. The number of ether oxygens (including phenoxy) is 1. The molecular weight excluding hydrogens is 216 g/mol. The summed E-state index contributed by atoms with van der Waals surface area (Å²) in [4.78, 5) is 2.27. The van der Waals surface area contributed by atoms with Crippen molar-refractivity contribution in [3.05, 3.63) is 0 Å². The normalized spacial score (nSPS) is 17.1. The molecule has 2 atom stereocenters. The minimum atomic E-state index is -0.184. The summed E-state index contributed by atoms with van der Waals surface area (Å²) in [5, 5.41) is 12.9. The van der Waals surface area contributed by atoms with Crippen LogP contribution in [0.3, 0.4) is 0 Å². The maximum Gasteiger partial charge on any atom is 0.0611 e. The van der Waals surface area contributed by atoms with Crippen molar-refractivity contribution >= 4 is 0 Å². The number of hydrogen-bond acceptors (Lipinski definition) is 4. The van der Waals surface area contributed by atoms with Gasteiger partial charge in [0.05, 0.1) is 13.2 Å². The van der Waals surface area contributed by atoms with Crippen molar-refractivity contribution in [1.29, 1.82) is 0 Å². The number of hydrogen-bond donors (Lipinski definition) is 2. The molecule has 0 aromatic carbocycles. The van der Waals surface area contributed by atoms with E-state index in [0.29, 0.717) is 6.04 Å². The number of methoxy groups -OCH3 is 1. The van der Waals surface area contributed by atoms with Crippen molar-refractivity contribution in [2.75, 3.05) is 40.5 Å². The number of likely N-dealkylation sites (N-methyl/N-ethyl adjacent to an activating group) is 1. The molecule has 0 fully saturated rings. The largest absolute Gasteiger partial charge is 0.394 e. The molecule has 0 saturated heterocycles. The molecule has 0 aliphatic heterocycles. The lowest BCUT2D eigenvalue weighted by atomic mass is 9.93. The Morgan fingerprint density at radius 1 is 1.47 bits per heavy atom. The highest BCUT2D eigenvalue weighted by Gasteiger charge is 2.26. The lowest BCUT2D eigenvalue weighted by Crippen LogP contribution is -2.50. The zero-order valence-corrected chi connectivity index (χ0v) is 12.1. The molecule has 0 bridgehead atoms.